The Morgan fingerprint density at radius 3 is 2.58 bits per heavy atom. The molecular formula is C15H18N2O2. The van der Waals surface area contributed by atoms with E-state index in [-0.39, 0.29) is 6.61 Å². The predicted molar refractivity (Wildman–Crippen MR) is 75.4 cm³/mol. The van der Waals surface area contributed by atoms with Crippen LogP contribution in [0.2, 0.25) is 0 Å². The first-order valence-electron chi connectivity index (χ1n) is 6.24. The number of anilines is 1. The number of benzene rings is 1. The van der Waals surface area contributed by atoms with Gasteiger partial charge < -0.3 is 14.7 Å². The van der Waals surface area contributed by atoms with Gasteiger partial charge in [0.2, 0.25) is 5.88 Å². The Bertz CT molecular complexity index is 503. The van der Waals surface area contributed by atoms with Crippen molar-refractivity contribution >= 4 is 5.82 Å². The first-order valence-corrected chi connectivity index (χ1v) is 6.24. The van der Waals surface area contributed by atoms with Crippen molar-refractivity contribution < 1.29 is 9.84 Å². The highest BCUT2D eigenvalue weighted by Crippen LogP contribution is 2.17. The number of aliphatic hydroxyl groups is 1. The summed E-state index contributed by atoms with van der Waals surface area (Å²) >= 11 is 0. The molecule has 1 heterocycles. The normalized spacial score (nSPS) is 10.2. The summed E-state index contributed by atoms with van der Waals surface area (Å²) in [5.41, 5.74) is 1.18. The number of aromatic nitrogens is 1. The summed E-state index contributed by atoms with van der Waals surface area (Å²) in [7, 11) is 1.60. The fourth-order valence-corrected chi connectivity index (χ4v) is 1.89. The van der Waals surface area contributed by atoms with Gasteiger partial charge in [-0.3, -0.25) is 0 Å². The second-order valence-corrected chi connectivity index (χ2v) is 4.17. The topological polar surface area (TPSA) is 45.6 Å². The molecule has 2 aromatic rings. The van der Waals surface area contributed by atoms with E-state index in [1.165, 1.54) is 5.56 Å². The number of nitrogens with zero attached hydrogens (tertiary/aromatic N) is 2. The molecule has 19 heavy (non-hydrogen) atoms. The highest BCUT2D eigenvalue weighted by atomic mass is 16.5. The molecule has 0 fully saturated rings. The van der Waals surface area contributed by atoms with Gasteiger partial charge in [-0.05, 0) is 11.6 Å². The summed E-state index contributed by atoms with van der Waals surface area (Å²) in [6, 6.07) is 15.7. The van der Waals surface area contributed by atoms with Gasteiger partial charge in [0.1, 0.15) is 5.82 Å². The quantitative estimate of drug-likeness (QED) is 0.861. The molecule has 0 aliphatic heterocycles. The van der Waals surface area contributed by atoms with Gasteiger partial charge in [0, 0.05) is 19.2 Å². The first kappa shape index (κ1) is 13.4. The molecular weight excluding hydrogens is 240 g/mol. The maximum Gasteiger partial charge on any atom is 0.214 e. The van der Waals surface area contributed by atoms with Crippen LogP contribution in [0.4, 0.5) is 5.82 Å². The van der Waals surface area contributed by atoms with E-state index in [1.807, 2.05) is 41.3 Å². The number of methoxy groups -OCH3 is 1. The summed E-state index contributed by atoms with van der Waals surface area (Å²) in [4.78, 5) is 6.42. The van der Waals surface area contributed by atoms with Gasteiger partial charge in [-0.2, -0.15) is 4.98 Å². The van der Waals surface area contributed by atoms with E-state index in [1.54, 1.807) is 7.11 Å². The zero-order chi connectivity index (χ0) is 13.5. The van der Waals surface area contributed by atoms with Gasteiger partial charge in [-0.1, -0.05) is 36.4 Å². The molecule has 2 rings (SSSR count). The standard InChI is InChI=1S/C15H18N2O2/c1-19-15-9-5-8-14(16-15)17(10-11-18)12-13-6-3-2-4-7-13/h2-9,18H,10-12H2,1H3. The summed E-state index contributed by atoms with van der Waals surface area (Å²) < 4.78 is 5.13. The van der Waals surface area contributed by atoms with E-state index < -0.39 is 0 Å². The fraction of sp³-hybridized carbons (Fsp3) is 0.267. The van der Waals surface area contributed by atoms with E-state index in [9.17, 15) is 5.11 Å². The molecule has 0 unspecified atom stereocenters. The molecule has 0 aliphatic carbocycles. The Hall–Kier alpha value is -2.07. The van der Waals surface area contributed by atoms with Gasteiger partial charge in [0.05, 0.1) is 13.7 Å². The number of aliphatic hydroxyl groups excluding tert-OH is 1. The maximum absolute atomic E-state index is 9.20. The van der Waals surface area contributed by atoms with Gasteiger partial charge in [0.15, 0.2) is 0 Å². The molecule has 1 N–H and O–H groups in total. The third kappa shape index (κ3) is 3.69. The second kappa shape index (κ2) is 6.75. The molecule has 0 atom stereocenters. The van der Waals surface area contributed by atoms with Crippen LogP contribution < -0.4 is 9.64 Å². The summed E-state index contributed by atoms with van der Waals surface area (Å²) in [5, 5.41) is 9.20. The minimum atomic E-state index is 0.0890. The van der Waals surface area contributed by atoms with Gasteiger partial charge in [-0.15, -0.1) is 0 Å². The second-order valence-electron chi connectivity index (χ2n) is 4.17. The minimum absolute atomic E-state index is 0.0890. The molecule has 4 nitrogen and oxygen atoms in total. The molecule has 1 aromatic heterocycles. The zero-order valence-corrected chi connectivity index (χ0v) is 11.0. The van der Waals surface area contributed by atoms with Crippen molar-refractivity contribution in [3.63, 3.8) is 0 Å². The number of hydrogen-bond donors (Lipinski definition) is 1. The molecule has 1 aromatic carbocycles. The van der Waals surface area contributed by atoms with E-state index >= 15 is 0 Å². The van der Waals surface area contributed by atoms with Crippen molar-refractivity contribution in [2.75, 3.05) is 25.2 Å². The monoisotopic (exact) mass is 258 g/mol. The van der Waals surface area contributed by atoms with Gasteiger partial charge >= 0.3 is 0 Å². The van der Waals surface area contributed by atoms with E-state index in [2.05, 4.69) is 17.1 Å². The van der Waals surface area contributed by atoms with Crippen molar-refractivity contribution in [3.05, 3.63) is 54.1 Å². The SMILES string of the molecule is COc1cccc(N(CCO)Cc2ccccc2)n1. The molecule has 0 saturated heterocycles. The van der Waals surface area contributed by atoms with Crippen molar-refractivity contribution in [2.24, 2.45) is 0 Å². The first-order chi connectivity index (χ1) is 9.33. The lowest BCUT2D eigenvalue weighted by Crippen LogP contribution is -2.27. The fourth-order valence-electron chi connectivity index (χ4n) is 1.89. The average molecular weight is 258 g/mol. The third-order valence-electron chi connectivity index (χ3n) is 2.83. The Labute approximate surface area is 113 Å². The van der Waals surface area contributed by atoms with Crippen LogP contribution in [0.3, 0.4) is 0 Å². The third-order valence-corrected chi connectivity index (χ3v) is 2.83. The maximum atomic E-state index is 9.20. The van der Waals surface area contributed by atoms with Crippen LogP contribution >= 0.6 is 0 Å². The Kier molecular flexibility index (Phi) is 4.75. The molecule has 0 amide bonds. The number of rotatable bonds is 6. The lowest BCUT2D eigenvalue weighted by Gasteiger charge is -2.23. The van der Waals surface area contributed by atoms with Crippen LogP contribution in [-0.2, 0) is 6.54 Å². The minimum Gasteiger partial charge on any atom is -0.481 e. The van der Waals surface area contributed by atoms with Crippen LogP contribution in [0, 0.1) is 0 Å². The Morgan fingerprint density at radius 2 is 1.89 bits per heavy atom. The number of ether oxygens (including phenoxy) is 1. The highest BCUT2D eigenvalue weighted by molar-refractivity contribution is 5.41. The number of hydrogen-bond acceptors (Lipinski definition) is 4. The molecule has 0 bridgehead atoms. The summed E-state index contributed by atoms with van der Waals surface area (Å²) in [6.07, 6.45) is 0. The Morgan fingerprint density at radius 1 is 1.11 bits per heavy atom. The van der Waals surface area contributed by atoms with Crippen molar-refractivity contribution in [2.45, 2.75) is 6.54 Å². The number of pyridine rings is 1. The molecule has 4 heteroatoms. The van der Waals surface area contributed by atoms with E-state index in [0.29, 0.717) is 19.0 Å². The molecule has 0 spiro atoms. The van der Waals surface area contributed by atoms with Crippen LogP contribution in [0.25, 0.3) is 0 Å². The van der Waals surface area contributed by atoms with Crippen molar-refractivity contribution in [3.8, 4) is 5.88 Å². The summed E-state index contributed by atoms with van der Waals surface area (Å²) in [5.74, 6) is 1.38. The van der Waals surface area contributed by atoms with E-state index in [4.69, 9.17) is 4.74 Å². The highest BCUT2D eigenvalue weighted by Gasteiger charge is 2.09. The molecule has 0 radical (unpaired) electrons. The zero-order valence-electron chi connectivity index (χ0n) is 11.0. The van der Waals surface area contributed by atoms with Crippen LogP contribution in [0.15, 0.2) is 48.5 Å². The van der Waals surface area contributed by atoms with Gasteiger partial charge in [-0.25, -0.2) is 0 Å². The van der Waals surface area contributed by atoms with E-state index in [0.717, 1.165) is 5.82 Å². The lowest BCUT2D eigenvalue weighted by molar-refractivity contribution is 0.301. The smallest absolute Gasteiger partial charge is 0.214 e. The molecule has 0 saturated carbocycles. The van der Waals surface area contributed by atoms with Crippen LogP contribution in [0.1, 0.15) is 5.56 Å². The Balaban J connectivity index is 2.19. The van der Waals surface area contributed by atoms with Crippen LogP contribution in [0.5, 0.6) is 5.88 Å². The van der Waals surface area contributed by atoms with Crippen molar-refractivity contribution in [1.29, 1.82) is 0 Å². The van der Waals surface area contributed by atoms with Gasteiger partial charge in [0.25, 0.3) is 0 Å². The molecule has 0 aliphatic rings. The summed E-state index contributed by atoms with van der Waals surface area (Å²) in [6.45, 7) is 1.34. The van der Waals surface area contributed by atoms with Crippen LogP contribution in [-0.4, -0.2) is 30.4 Å². The molecule has 100 valence electrons. The largest absolute Gasteiger partial charge is 0.481 e. The van der Waals surface area contributed by atoms with Crippen molar-refractivity contribution in [1.82, 2.24) is 4.98 Å². The average Bonchev–Trinajstić information content (AvgIpc) is 2.48. The lowest BCUT2D eigenvalue weighted by atomic mass is 10.2. The predicted octanol–water partition coefficient (Wildman–Crippen LogP) is 2.09.